The minimum atomic E-state index is 0.0529. The van der Waals surface area contributed by atoms with E-state index in [2.05, 4.69) is 28.1 Å². The zero-order valence-corrected chi connectivity index (χ0v) is 12.8. The van der Waals surface area contributed by atoms with Gasteiger partial charge in [-0.05, 0) is 58.1 Å². The lowest BCUT2D eigenvalue weighted by Gasteiger charge is -2.10. The predicted octanol–water partition coefficient (Wildman–Crippen LogP) is 4.06. The van der Waals surface area contributed by atoms with Crippen LogP contribution in [0.4, 0.5) is 0 Å². The number of methoxy groups -OCH3 is 1. The summed E-state index contributed by atoms with van der Waals surface area (Å²) in [6, 6.07) is 13.8. The number of hydrogen-bond donors (Lipinski definition) is 0. The molecular formula is C17H15BrO2. The lowest BCUT2D eigenvalue weighted by molar-refractivity contribution is 0.0924. The molecule has 1 aliphatic carbocycles. The molecule has 2 aromatic carbocycles. The highest BCUT2D eigenvalue weighted by atomic mass is 79.9. The Bertz CT molecular complexity index is 639. The van der Waals surface area contributed by atoms with Crippen molar-refractivity contribution >= 4 is 21.7 Å². The van der Waals surface area contributed by atoms with Crippen molar-refractivity contribution in [1.82, 2.24) is 0 Å². The summed E-state index contributed by atoms with van der Waals surface area (Å²) in [5, 5.41) is 0. The Hall–Kier alpha value is -1.61. The third-order valence-corrected chi connectivity index (χ3v) is 4.52. The number of ketones is 1. The van der Waals surface area contributed by atoms with Gasteiger partial charge in [0.05, 0.1) is 7.11 Å². The van der Waals surface area contributed by atoms with Crippen molar-refractivity contribution in [3.63, 3.8) is 0 Å². The van der Waals surface area contributed by atoms with Crippen LogP contribution in [0, 0.1) is 5.92 Å². The molecule has 0 aliphatic heterocycles. The lowest BCUT2D eigenvalue weighted by Crippen LogP contribution is -2.15. The maximum atomic E-state index is 12.7. The molecule has 3 rings (SSSR count). The number of halogens is 1. The van der Waals surface area contributed by atoms with Crippen molar-refractivity contribution in [3.8, 4) is 5.75 Å². The van der Waals surface area contributed by atoms with Gasteiger partial charge in [-0.2, -0.15) is 0 Å². The molecule has 102 valence electrons. The topological polar surface area (TPSA) is 26.3 Å². The second-order valence-electron chi connectivity index (χ2n) is 5.08. The van der Waals surface area contributed by atoms with Crippen LogP contribution in [0.5, 0.6) is 5.75 Å². The standard InChI is InChI=1S/C17H15BrO2/c1-20-14-6-7-15(16(18)10-14)17(19)13-8-11-4-2-3-5-12(11)9-13/h2-7,10,13H,8-9H2,1H3. The lowest BCUT2D eigenvalue weighted by atomic mass is 9.95. The van der Waals surface area contributed by atoms with Crippen molar-refractivity contribution in [2.24, 2.45) is 5.92 Å². The first-order valence-corrected chi connectivity index (χ1v) is 7.43. The average molecular weight is 331 g/mol. The van der Waals surface area contributed by atoms with Gasteiger partial charge >= 0.3 is 0 Å². The van der Waals surface area contributed by atoms with Crippen LogP contribution in [0.25, 0.3) is 0 Å². The van der Waals surface area contributed by atoms with Crippen molar-refractivity contribution in [3.05, 3.63) is 63.6 Å². The van der Waals surface area contributed by atoms with Crippen LogP contribution in [0.3, 0.4) is 0 Å². The van der Waals surface area contributed by atoms with Crippen LogP contribution >= 0.6 is 15.9 Å². The Balaban J connectivity index is 1.85. The van der Waals surface area contributed by atoms with E-state index in [-0.39, 0.29) is 11.7 Å². The number of carbonyl (C=O) groups excluding carboxylic acids is 1. The van der Waals surface area contributed by atoms with Gasteiger partial charge < -0.3 is 4.74 Å². The first-order valence-electron chi connectivity index (χ1n) is 6.63. The van der Waals surface area contributed by atoms with Gasteiger partial charge in [0.25, 0.3) is 0 Å². The number of benzene rings is 2. The van der Waals surface area contributed by atoms with E-state index in [0.29, 0.717) is 0 Å². The molecule has 1 aliphatic rings. The summed E-state index contributed by atoms with van der Waals surface area (Å²) in [6.45, 7) is 0. The third-order valence-electron chi connectivity index (χ3n) is 3.86. The van der Waals surface area contributed by atoms with E-state index in [1.165, 1.54) is 11.1 Å². The van der Waals surface area contributed by atoms with Crippen molar-refractivity contribution in [1.29, 1.82) is 0 Å². The van der Waals surface area contributed by atoms with Crippen LogP contribution in [-0.2, 0) is 12.8 Å². The Morgan fingerprint density at radius 2 is 1.80 bits per heavy atom. The summed E-state index contributed by atoms with van der Waals surface area (Å²) in [6.07, 6.45) is 1.68. The zero-order chi connectivity index (χ0) is 14.1. The van der Waals surface area contributed by atoms with Crippen LogP contribution in [0.15, 0.2) is 46.9 Å². The van der Waals surface area contributed by atoms with Gasteiger partial charge in [0.1, 0.15) is 5.75 Å². The molecule has 2 nitrogen and oxygen atoms in total. The molecule has 0 saturated heterocycles. The van der Waals surface area contributed by atoms with Crippen LogP contribution in [0.2, 0.25) is 0 Å². The molecule has 2 aromatic rings. The molecule has 0 bridgehead atoms. The molecule has 0 fully saturated rings. The van der Waals surface area contributed by atoms with E-state index >= 15 is 0 Å². The predicted molar refractivity (Wildman–Crippen MR) is 82.4 cm³/mol. The SMILES string of the molecule is COc1ccc(C(=O)C2Cc3ccccc3C2)c(Br)c1. The maximum absolute atomic E-state index is 12.7. The Morgan fingerprint density at radius 1 is 1.15 bits per heavy atom. The summed E-state index contributed by atoms with van der Waals surface area (Å²) >= 11 is 3.47. The molecule has 0 aromatic heterocycles. The molecule has 0 spiro atoms. The maximum Gasteiger partial charge on any atom is 0.167 e. The monoisotopic (exact) mass is 330 g/mol. The Morgan fingerprint density at radius 3 is 2.35 bits per heavy atom. The Kier molecular flexibility index (Phi) is 3.62. The van der Waals surface area contributed by atoms with Gasteiger partial charge in [-0.15, -0.1) is 0 Å². The fourth-order valence-corrected chi connectivity index (χ4v) is 3.34. The molecule has 3 heteroatoms. The van der Waals surface area contributed by atoms with E-state index in [1.54, 1.807) is 7.11 Å². The number of hydrogen-bond acceptors (Lipinski definition) is 2. The minimum absolute atomic E-state index is 0.0529. The highest BCUT2D eigenvalue weighted by Crippen LogP contribution is 2.32. The van der Waals surface area contributed by atoms with Gasteiger partial charge in [0.15, 0.2) is 5.78 Å². The summed E-state index contributed by atoms with van der Waals surface area (Å²) in [5.41, 5.74) is 3.34. The first kappa shape index (κ1) is 13.4. The highest BCUT2D eigenvalue weighted by Gasteiger charge is 2.28. The zero-order valence-electron chi connectivity index (χ0n) is 11.2. The molecular weight excluding hydrogens is 316 g/mol. The summed E-state index contributed by atoms with van der Waals surface area (Å²) < 4.78 is 5.97. The minimum Gasteiger partial charge on any atom is -0.497 e. The van der Waals surface area contributed by atoms with E-state index in [4.69, 9.17) is 4.74 Å². The van der Waals surface area contributed by atoms with Crippen molar-refractivity contribution in [2.75, 3.05) is 7.11 Å². The molecule has 0 amide bonds. The number of carbonyl (C=O) groups is 1. The molecule has 20 heavy (non-hydrogen) atoms. The van der Waals surface area contributed by atoms with E-state index in [1.807, 2.05) is 30.3 Å². The van der Waals surface area contributed by atoms with Crippen LogP contribution in [-0.4, -0.2) is 12.9 Å². The molecule has 0 saturated carbocycles. The first-order chi connectivity index (χ1) is 9.69. The smallest absolute Gasteiger partial charge is 0.167 e. The molecule has 0 heterocycles. The fraction of sp³-hybridized carbons (Fsp3) is 0.235. The number of fused-ring (bicyclic) bond motifs is 1. The van der Waals surface area contributed by atoms with Gasteiger partial charge in [-0.25, -0.2) is 0 Å². The van der Waals surface area contributed by atoms with Crippen LogP contribution in [0.1, 0.15) is 21.5 Å². The number of rotatable bonds is 3. The molecule has 0 unspecified atom stereocenters. The number of Topliss-reactive ketones (excluding diaryl/α,β-unsaturated/α-hetero) is 1. The largest absolute Gasteiger partial charge is 0.497 e. The second kappa shape index (κ2) is 5.41. The van der Waals surface area contributed by atoms with E-state index in [0.717, 1.165) is 28.6 Å². The van der Waals surface area contributed by atoms with Gasteiger partial charge in [-0.1, -0.05) is 24.3 Å². The molecule has 0 radical (unpaired) electrons. The van der Waals surface area contributed by atoms with E-state index < -0.39 is 0 Å². The quantitative estimate of drug-likeness (QED) is 0.793. The fourth-order valence-electron chi connectivity index (χ4n) is 2.79. The second-order valence-corrected chi connectivity index (χ2v) is 5.94. The number of ether oxygens (including phenoxy) is 1. The average Bonchev–Trinajstić information content (AvgIpc) is 2.90. The summed E-state index contributed by atoms with van der Waals surface area (Å²) in [7, 11) is 1.62. The van der Waals surface area contributed by atoms with Crippen molar-refractivity contribution < 1.29 is 9.53 Å². The van der Waals surface area contributed by atoms with Crippen molar-refractivity contribution in [2.45, 2.75) is 12.8 Å². The molecule has 0 N–H and O–H groups in total. The van der Waals surface area contributed by atoms with Crippen LogP contribution < -0.4 is 4.74 Å². The van der Waals surface area contributed by atoms with Gasteiger partial charge in [0, 0.05) is 16.0 Å². The van der Waals surface area contributed by atoms with E-state index in [9.17, 15) is 4.79 Å². The molecule has 0 atom stereocenters. The third kappa shape index (κ3) is 2.38. The normalized spacial score (nSPS) is 14.1. The van der Waals surface area contributed by atoms with Gasteiger partial charge in [0.2, 0.25) is 0 Å². The van der Waals surface area contributed by atoms with Gasteiger partial charge in [-0.3, -0.25) is 4.79 Å². The highest BCUT2D eigenvalue weighted by molar-refractivity contribution is 9.10. The summed E-state index contributed by atoms with van der Waals surface area (Å²) in [5.74, 6) is 1.01. The summed E-state index contributed by atoms with van der Waals surface area (Å²) in [4.78, 5) is 12.7. The Labute approximate surface area is 126 Å².